The largest absolute Gasteiger partial charge is 0.384 e. The predicted molar refractivity (Wildman–Crippen MR) is 74.7 cm³/mol. The number of ether oxygens (including phenoxy) is 1. The molecule has 2 aromatic rings. The highest BCUT2D eigenvalue weighted by molar-refractivity contribution is 7.99. The smallest absolute Gasteiger partial charge is 0.212 e. The van der Waals surface area contributed by atoms with Crippen molar-refractivity contribution in [1.29, 1.82) is 0 Å². The van der Waals surface area contributed by atoms with Crippen molar-refractivity contribution < 1.29 is 4.74 Å². The highest BCUT2D eigenvalue weighted by Gasteiger charge is 2.19. The van der Waals surface area contributed by atoms with E-state index in [9.17, 15) is 0 Å². The summed E-state index contributed by atoms with van der Waals surface area (Å²) in [7, 11) is 1.68. The van der Waals surface area contributed by atoms with E-state index in [0.29, 0.717) is 6.61 Å². The highest BCUT2D eigenvalue weighted by Crippen LogP contribution is 2.24. The van der Waals surface area contributed by atoms with Crippen LogP contribution in [0.1, 0.15) is 11.4 Å². The Bertz CT molecular complexity index is 594. The first kappa shape index (κ1) is 12.4. The van der Waals surface area contributed by atoms with Gasteiger partial charge >= 0.3 is 0 Å². The summed E-state index contributed by atoms with van der Waals surface area (Å²) >= 11 is 1.66. The number of methoxy groups -OCH3 is 1. The van der Waals surface area contributed by atoms with Gasteiger partial charge in [-0.15, -0.1) is 10.2 Å². The number of aromatic nitrogens is 3. The van der Waals surface area contributed by atoms with Gasteiger partial charge in [0, 0.05) is 19.3 Å². The van der Waals surface area contributed by atoms with Gasteiger partial charge < -0.3 is 4.74 Å². The van der Waals surface area contributed by atoms with E-state index in [2.05, 4.69) is 27.4 Å². The highest BCUT2D eigenvalue weighted by atomic mass is 32.2. The fraction of sp³-hybridized carbons (Fsp3) is 0.308. The first-order valence-corrected chi connectivity index (χ1v) is 7.06. The summed E-state index contributed by atoms with van der Waals surface area (Å²) in [6, 6.07) is 10.2. The molecule has 1 aliphatic heterocycles. The van der Waals surface area contributed by atoms with Crippen molar-refractivity contribution in [2.45, 2.75) is 11.6 Å². The second-order valence-electron chi connectivity index (χ2n) is 4.15. The Hall–Kier alpha value is -1.66. The van der Waals surface area contributed by atoms with Crippen LogP contribution in [0.2, 0.25) is 0 Å². The Kier molecular flexibility index (Phi) is 3.61. The fourth-order valence-corrected chi connectivity index (χ4v) is 2.75. The Balaban J connectivity index is 1.93. The molecule has 0 amide bonds. The van der Waals surface area contributed by atoms with Gasteiger partial charge in [0.2, 0.25) is 5.16 Å². The zero-order valence-electron chi connectivity index (χ0n) is 10.6. The minimum atomic E-state index is 0.624. The van der Waals surface area contributed by atoms with Crippen molar-refractivity contribution in [2.75, 3.05) is 19.5 Å². The first-order chi connectivity index (χ1) is 9.38. The number of fused-ring (bicyclic) bond motifs is 1. The number of hydrogen-bond donors (Lipinski definition) is 0. The topological polar surface area (TPSA) is 52.3 Å². The minimum absolute atomic E-state index is 0.624. The molecule has 0 spiro atoms. The molecule has 0 radical (unpaired) electrons. The molecule has 19 heavy (non-hydrogen) atoms. The van der Waals surface area contributed by atoms with Crippen molar-refractivity contribution in [3.8, 4) is 0 Å². The third-order valence-corrected chi connectivity index (χ3v) is 3.80. The molecule has 0 aliphatic carbocycles. The molecule has 98 valence electrons. The Morgan fingerprint density at radius 2 is 2.11 bits per heavy atom. The van der Waals surface area contributed by atoms with Crippen LogP contribution in [0.4, 0.5) is 0 Å². The van der Waals surface area contributed by atoms with Gasteiger partial charge in [-0.25, -0.2) is 0 Å². The lowest BCUT2D eigenvalue weighted by atomic mass is 10.1. The van der Waals surface area contributed by atoms with Gasteiger partial charge in [-0.05, 0) is 5.56 Å². The van der Waals surface area contributed by atoms with Crippen LogP contribution in [0.25, 0.3) is 0 Å². The summed E-state index contributed by atoms with van der Waals surface area (Å²) in [5.41, 5.74) is 2.20. The third-order valence-electron chi connectivity index (χ3n) is 2.87. The second-order valence-corrected chi connectivity index (χ2v) is 5.10. The summed E-state index contributed by atoms with van der Waals surface area (Å²) in [5, 5.41) is 13.8. The van der Waals surface area contributed by atoms with Gasteiger partial charge in [-0.2, -0.15) is 9.78 Å². The SMILES string of the molecule is COCCc1nnc2n1N=C(c1ccccc1)CS2. The molecule has 0 atom stereocenters. The molecule has 3 rings (SSSR count). The lowest BCUT2D eigenvalue weighted by molar-refractivity contribution is 0.199. The lowest BCUT2D eigenvalue weighted by Crippen LogP contribution is -2.15. The van der Waals surface area contributed by atoms with E-state index < -0.39 is 0 Å². The zero-order chi connectivity index (χ0) is 13.1. The van der Waals surface area contributed by atoms with E-state index in [0.717, 1.165) is 34.4 Å². The van der Waals surface area contributed by atoms with E-state index in [-0.39, 0.29) is 0 Å². The average molecular weight is 274 g/mol. The molecule has 0 fully saturated rings. The molecule has 0 saturated heterocycles. The standard InChI is InChI=1S/C13H14N4OS/c1-18-8-7-12-14-15-13-17(12)16-11(9-19-13)10-5-3-2-4-6-10/h2-6H,7-9H2,1H3. The van der Waals surface area contributed by atoms with Crippen LogP contribution in [0.3, 0.4) is 0 Å². The molecule has 2 heterocycles. The van der Waals surface area contributed by atoms with Crippen LogP contribution in [0, 0.1) is 0 Å². The van der Waals surface area contributed by atoms with Crippen LogP contribution < -0.4 is 0 Å². The van der Waals surface area contributed by atoms with Gasteiger partial charge in [0.05, 0.1) is 12.3 Å². The number of thioether (sulfide) groups is 1. The van der Waals surface area contributed by atoms with Crippen molar-refractivity contribution in [3.05, 3.63) is 41.7 Å². The summed E-state index contributed by atoms with van der Waals surface area (Å²) in [6.07, 6.45) is 0.718. The van der Waals surface area contributed by atoms with Gasteiger partial charge in [0.15, 0.2) is 5.82 Å². The molecule has 1 aromatic carbocycles. The molecule has 0 bridgehead atoms. The average Bonchev–Trinajstić information content (AvgIpc) is 2.88. The Morgan fingerprint density at radius 3 is 2.89 bits per heavy atom. The van der Waals surface area contributed by atoms with Crippen LogP contribution >= 0.6 is 11.8 Å². The molecule has 6 heteroatoms. The maximum atomic E-state index is 5.08. The van der Waals surface area contributed by atoms with Crippen molar-refractivity contribution in [2.24, 2.45) is 5.10 Å². The first-order valence-electron chi connectivity index (χ1n) is 6.08. The predicted octanol–water partition coefficient (Wildman–Crippen LogP) is 1.83. The minimum Gasteiger partial charge on any atom is -0.384 e. The van der Waals surface area contributed by atoms with Gasteiger partial charge in [0.25, 0.3) is 0 Å². The van der Waals surface area contributed by atoms with Crippen LogP contribution in [-0.4, -0.2) is 40.1 Å². The molecule has 1 aliphatic rings. The van der Waals surface area contributed by atoms with Gasteiger partial charge in [0.1, 0.15) is 0 Å². The number of rotatable bonds is 4. The summed E-state index contributed by atoms with van der Waals surface area (Å²) < 4.78 is 6.91. The van der Waals surface area contributed by atoms with Crippen LogP contribution in [-0.2, 0) is 11.2 Å². The number of hydrogen-bond acceptors (Lipinski definition) is 5. The van der Waals surface area contributed by atoms with E-state index >= 15 is 0 Å². The van der Waals surface area contributed by atoms with E-state index in [1.165, 1.54) is 0 Å². The van der Waals surface area contributed by atoms with Crippen molar-refractivity contribution >= 4 is 17.5 Å². The lowest BCUT2D eigenvalue weighted by Gasteiger charge is -2.13. The van der Waals surface area contributed by atoms with E-state index in [1.807, 2.05) is 22.9 Å². The van der Waals surface area contributed by atoms with Gasteiger partial charge in [-0.3, -0.25) is 0 Å². The van der Waals surface area contributed by atoms with Crippen molar-refractivity contribution in [3.63, 3.8) is 0 Å². The maximum Gasteiger partial charge on any atom is 0.212 e. The summed E-state index contributed by atoms with van der Waals surface area (Å²) in [5.74, 6) is 1.67. The fourth-order valence-electron chi connectivity index (χ4n) is 1.89. The quantitative estimate of drug-likeness (QED) is 0.853. The van der Waals surface area contributed by atoms with Gasteiger partial charge in [-0.1, -0.05) is 42.1 Å². The van der Waals surface area contributed by atoms with Crippen LogP contribution in [0.15, 0.2) is 40.6 Å². The zero-order valence-corrected chi connectivity index (χ0v) is 11.4. The maximum absolute atomic E-state index is 5.08. The van der Waals surface area contributed by atoms with Crippen molar-refractivity contribution in [1.82, 2.24) is 14.9 Å². The molecule has 0 N–H and O–H groups in total. The summed E-state index contributed by atoms with van der Waals surface area (Å²) in [6.45, 7) is 0.624. The normalized spacial score (nSPS) is 14.1. The van der Waals surface area contributed by atoms with E-state index in [1.54, 1.807) is 18.9 Å². The number of benzene rings is 1. The molecule has 0 saturated carbocycles. The second kappa shape index (κ2) is 5.54. The van der Waals surface area contributed by atoms with E-state index in [4.69, 9.17) is 4.74 Å². The molecular formula is C13H14N4OS. The summed E-state index contributed by atoms with van der Waals surface area (Å²) in [4.78, 5) is 0. The Morgan fingerprint density at radius 1 is 1.26 bits per heavy atom. The number of nitrogens with zero attached hydrogens (tertiary/aromatic N) is 4. The third kappa shape index (κ3) is 2.54. The molecular weight excluding hydrogens is 260 g/mol. The monoisotopic (exact) mass is 274 g/mol. The molecule has 0 unspecified atom stereocenters. The van der Waals surface area contributed by atoms with Crippen LogP contribution in [0.5, 0.6) is 0 Å². The Labute approximate surface area is 115 Å². The molecule has 5 nitrogen and oxygen atoms in total. The molecule has 1 aromatic heterocycles.